The SMILES string of the molecule is CCc1ccccc1C(C(N)=O)N1CCNCC1. The highest BCUT2D eigenvalue weighted by Gasteiger charge is 2.28. The smallest absolute Gasteiger partial charge is 0.239 e. The Hall–Kier alpha value is -1.39. The van der Waals surface area contributed by atoms with Crippen LogP contribution in [0, 0.1) is 0 Å². The highest BCUT2D eigenvalue weighted by molar-refractivity contribution is 5.82. The van der Waals surface area contributed by atoms with Gasteiger partial charge in [-0.2, -0.15) is 0 Å². The maximum Gasteiger partial charge on any atom is 0.239 e. The van der Waals surface area contributed by atoms with E-state index in [-0.39, 0.29) is 11.9 Å². The number of piperazine rings is 1. The first kappa shape index (κ1) is 13.1. The minimum atomic E-state index is -0.289. The summed E-state index contributed by atoms with van der Waals surface area (Å²) in [4.78, 5) is 14.0. The van der Waals surface area contributed by atoms with Crippen molar-refractivity contribution in [3.63, 3.8) is 0 Å². The number of amides is 1. The Morgan fingerprint density at radius 3 is 2.67 bits per heavy atom. The molecule has 0 saturated carbocycles. The van der Waals surface area contributed by atoms with Gasteiger partial charge in [0.1, 0.15) is 6.04 Å². The molecule has 0 aliphatic carbocycles. The molecule has 0 bridgehead atoms. The fourth-order valence-electron chi connectivity index (χ4n) is 2.59. The van der Waals surface area contributed by atoms with Crippen molar-refractivity contribution >= 4 is 5.91 Å². The Kier molecular flexibility index (Phi) is 4.33. The fourth-order valence-corrected chi connectivity index (χ4v) is 2.59. The summed E-state index contributed by atoms with van der Waals surface area (Å²) in [6.07, 6.45) is 0.923. The molecule has 0 aromatic heterocycles. The van der Waals surface area contributed by atoms with Gasteiger partial charge in [0.2, 0.25) is 5.91 Å². The summed E-state index contributed by atoms with van der Waals surface area (Å²) in [5.41, 5.74) is 7.89. The second-order valence-electron chi connectivity index (χ2n) is 4.64. The average Bonchev–Trinajstić information content (AvgIpc) is 2.40. The molecule has 1 aliphatic rings. The number of hydrogen-bond donors (Lipinski definition) is 2. The van der Waals surface area contributed by atoms with Crippen LogP contribution in [0.1, 0.15) is 24.1 Å². The van der Waals surface area contributed by atoms with Gasteiger partial charge in [-0.3, -0.25) is 9.69 Å². The molecule has 1 aromatic rings. The number of benzene rings is 1. The van der Waals surface area contributed by atoms with E-state index in [1.807, 2.05) is 18.2 Å². The molecule has 0 radical (unpaired) electrons. The van der Waals surface area contributed by atoms with Crippen LogP contribution in [0.5, 0.6) is 0 Å². The molecule has 1 aliphatic heterocycles. The van der Waals surface area contributed by atoms with Crippen LogP contribution in [0.25, 0.3) is 0 Å². The second kappa shape index (κ2) is 5.98. The first-order valence-corrected chi connectivity index (χ1v) is 6.56. The van der Waals surface area contributed by atoms with Gasteiger partial charge in [-0.05, 0) is 17.5 Å². The standard InChI is InChI=1S/C14H21N3O/c1-2-11-5-3-4-6-12(11)13(14(15)18)17-9-7-16-8-10-17/h3-6,13,16H,2,7-10H2,1H3,(H2,15,18). The van der Waals surface area contributed by atoms with Crippen molar-refractivity contribution < 1.29 is 4.79 Å². The van der Waals surface area contributed by atoms with Crippen LogP contribution in [-0.2, 0) is 11.2 Å². The van der Waals surface area contributed by atoms with Crippen LogP contribution in [0.15, 0.2) is 24.3 Å². The van der Waals surface area contributed by atoms with Gasteiger partial charge in [-0.1, -0.05) is 31.2 Å². The summed E-state index contributed by atoms with van der Waals surface area (Å²) in [7, 11) is 0. The molecule has 1 saturated heterocycles. The molecule has 0 spiro atoms. The van der Waals surface area contributed by atoms with Crippen molar-refractivity contribution in [2.45, 2.75) is 19.4 Å². The van der Waals surface area contributed by atoms with Crippen LogP contribution >= 0.6 is 0 Å². The van der Waals surface area contributed by atoms with Gasteiger partial charge < -0.3 is 11.1 Å². The van der Waals surface area contributed by atoms with Crippen molar-refractivity contribution in [3.8, 4) is 0 Å². The summed E-state index contributed by atoms with van der Waals surface area (Å²) < 4.78 is 0. The summed E-state index contributed by atoms with van der Waals surface area (Å²) in [6.45, 7) is 5.67. The van der Waals surface area contributed by atoms with E-state index in [1.165, 1.54) is 5.56 Å². The summed E-state index contributed by atoms with van der Waals surface area (Å²) in [6, 6.07) is 7.80. The molecular weight excluding hydrogens is 226 g/mol. The fraction of sp³-hybridized carbons (Fsp3) is 0.500. The molecule has 18 heavy (non-hydrogen) atoms. The van der Waals surface area contributed by atoms with Gasteiger partial charge in [0.05, 0.1) is 0 Å². The lowest BCUT2D eigenvalue weighted by Gasteiger charge is -2.34. The third-order valence-electron chi connectivity index (χ3n) is 3.52. The van der Waals surface area contributed by atoms with E-state index < -0.39 is 0 Å². The zero-order chi connectivity index (χ0) is 13.0. The lowest BCUT2D eigenvalue weighted by atomic mass is 9.96. The van der Waals surface area contributed by atoms with E-state index in [4.69, 9.17) is 5.73 Å². The molecule has 1 aromatic carbocycles. The molecule has 1 fully saturated rings. The number of carbonyl (C=O) groups is 1. The number of carbonyl (C=O) groups excluding carboxylic acids is 1. The van der Waals surface area contributed by atoms with E-state index in [9.17, 15) is 4.79 Å². The molecule has 4 nitrogen and oxygen atoms in total. The van der Waals surface area contributed by atoms with Crippen LogP contribution in [0.4, 0.5) is 0 Å². The number of rotatable bonds is 4. The molecule has 4 heteroatoms. The van der Waals surface area contributed by atoms with Crippen molar-refractivity contribution in [3.05, 3.63) is 35.4 Å². The topological polar surface area (TPSA) is 58.4 Å². The molecule has 2 rings (SSSR count). The minimum absolute atomic E-state index is 0.252. The third kappa shape index (κ3) is 2.71. The molecule has 1 atom stereocenters. The predicted octanol–water partition coefficient (Wildman–Crippen LogP) is 0.681. The molecule has 98 valence electrons. The maximum atomic E-state index is 11.8. The highest BCUT2D eigenvalue weighted by atomic mass is 16.1. The molecule has 1 unspecified atom stereocenters. The lowest BCUT2D eigenvalue weighted by Crippen LogP contribution is -2.48. The van der Waals surface area contributed by atoms with Crippen molar-refractivity contribution in [2.75, 3.05) is 26.2 Å². The zero-order valence-corrected chi connectivity index (χ0v) is 10.9. The maximum absolute atomic E-state index is 11.8. The third-order valence-corrected chi connectivity index (χ3v) is 3.52. The van der Waals surface area contributed by atoms with Crippen LogP contribution < -0.4 is 11.1 Å². The summed E-state index contributed by atoms with van der Waals surface area (Å²) in [5, 5.41) is 3.29. The monoisotopic (exact) mass is 247 g/mol. The number of nitrogens with two attached hydrogens (primary N) is 1. The lowest BCUT2D eigenvalue weighted by molar-refractivity contribution is -0.123. The highest BCUT2D eigenvalue weighted by Crippen LogP contribution is 2.24. The van der Waals surface area contributed by atoms with Gasteiger partial charge in [-0.15, -0.1) is 0 Å². The first-order chi connectivity index (χ1) is 8.74. The van der Waals surface area contributed by atoms with Crippen molar-refractivity contribution in [1.82, 2.24) is 10.2 Å². The molecule has 1 heterocycles. The quantitative estimate of drug-likeness (QED) is 0.822. The van der Waals surface area contributed by atoms with E-state index in [2.05, 4.69) is 23.2 Å². The minimum Gasteiger partial charge on any atom is -0.368 e. The van der Waals surface area contributed by atoms with Gasteiger partial charge in [0, 0.05) is 26.2 Å². The Balaban J connectivity index is 2.31. The summed E-state index contributed by atoms with van der Waals surface area (Å²) >= 11 is 0. The van der Waals surface area contributed by atoms with E-state index in [1.54, 1.807) is 0 Å². The number of primary amides is 1. The normalized spacial score (nSPS) is 18.5. The number of nitrogens with one attached hydrogen (secondary N) is 1. The Morgan fingerprint density at radius 2 is 2.06 bits per heavy atom. The van der Waals surface area contributed by atoms with Crippen molar-refractivity contribution in [1.29, 1.82) is 0 Å². The van der Waals surface area contributed by atoms with Crippen LogP contribution in [0.2, 0.25) is 0 Å². The number of nitrogens with zero attached hydrogens (tertiary/aromatic N) is 1. The molecular formula is C14H21N3O. The number of aryl methyl sites for hydroxylation is 1. The van der Waals surface area contributed by atoms with Crippen LogP contribution in [0.3, 0.4) is 0 Å². The van der Waals surface area contributed by atoms with E-state index >= 15 is 0 Å². The first-order valence-electron chi connectivity index (χ1n) is 6.56. The Labute approximate surface area is 108 Å². The average molecular weight is 247 g/mol. The van der Waals surface area contributed by atoms with Crippen LogP contribution in [-0.4, -0.2) is 37.0 Å². The molecule has 1 amide bonds. The van der Waals surface area contributed by atoms with E-state index in [0.29, 0.717) is 0 Å². The van der Waals surface area contributed by atoms with Crippen molar-refractivity contribution in [2.24, 2.45) is 5.73 Å². The largest absolute Gasteiger partial charge is 0.368 e. The predicted molar refractivity (Wildman–Crippen MR) is 72.2 cm³/mol. The van der Waals surface area contributed by atoms with Gasteiger partial charge in [-0.25, -0.2) is 0 Å². The van der Waals surface area contributed by atoms with Gasteiger partial charge in [0.15, 0.2) is 0 Å². The number of hydrogen-bond acceptors (Lipinski definition) is 3. The Morgan fingerprint density at radius 1 is 1.39 bits per heavy atom. The second-order valence-corrected chi connectivity index (χ2v) is 4.64. The molecule has 3 N–H and O–H groups in total. The van der Waals surface area contributed by atoms with Gasteiger partial charge >= 0.3 is 0 Å². The van der Waals surface area contributed by atoms with E-state index in [0.717, 1.165) is 38.2 Å². The zero-order valence-electron chi connectivity index (χ0n) is 10.9. The van der Waals surface area contributed by atoms with Gasteiger partial charge in [0.25, 0.3) is 0 Å². The summed E-state index contributed by atoms with van der Waals surface area (Å²) in [5.74, 6) is -0.252. The Bertz CT molecular complexity index is 413.